The molecule has 0 unspecified atom stereocenters. The molecule has 1 aromatic rings. The van der Waals surface area contributed by atoms with Gasteiger partial charge >= 0.3 is 0 Å². The maximum absolute atomic E-state index is 6.12. The molecule has 0 radical (unpaired) electrons. The first-order valence-corrected chi connectivity index (χ1v) is 7.16. The summed E-state index contributed by atoms with van der Waals surface area (Å²) in [6.07, 6.45) is 6.94. The summed E-state index contributed by atoms with van der Waals surface area (Å²) in [4.78, 5) is 0. The molecule has 0 saturated heterocycles. The largest absolute Gasteiger partial charge is 0.312 e. The van der Waals surface area contributed by atoms with Gasteiger partial charge in [0.2, 0.25) is 0 Å². The van der Waals surface area contributed by atoms with Crippen molar-refractivity contribution in [1.29, 1.82) is 0 Å². The smallest absolute Gasteiger partial charge is 0.0451 e. The Morgan fingerprint density at radius 3 is 2.65 bits per heavy atom. The molecule has 0 aromatic heterocycles. The summed E-state index contributed by atoms with van der Waals surface area (Å²) < 4.78 is 0. The predicted octanol–water partition coefficient (Wildman–Crippen LogP) is 4.66. The van der Waals surface area contributed by atoms with E-state index in [0.717, 1.165) is 34.6 Å². The van der Waals surface area contributed by atoms with Crippen molar-refractivity contribution in [2.45, 2.75) is 38.6 Å². The Morgan fingerprint density at radius 1 is 1.12 bits per heavy atom. The molecule has 2 rings (SSSR count). The van der Waals surface area contributed by atoms with Gasteiger partial charge in [-0.3, -0.25) is 0 Å². The van der Waals surface area contributed by atoms with Crippen molar-refractivity contribution in [1.82, 2.24) is 5.32 Å². The lowest BCUT2D eigenvalue weighted by molar-refractivity contribution is 0.342. The minimum atomic E-state index is 0.754. The van der Waals surface area contributed by atoms with E-state index in [1.807, 2.05) is 18.2 Å². The van der Waals surface area contributed by atoms with Gasteiger partial charge in [-0.25, -0.2) is 0 Å². The van der Waals surface area contributed by atoms with Crippen molar-refractivity contribution < 1.29 is 0 Å². The van der Waals surface area contributed by atoms with Gasteiger partial charge < -0.3 is 5.32 Å². The summed E-state index contributed by atoms with van der Waals surface area (Å²) in [5.74, 6) is 0.849. The van der Waals surface area contributed by atoms with Gasteiger partial charge in [-0.05, 0) is 49.1 Å². The molecule has 0 heterocycles. The van der Waals surface area contributed by atoms with E-state index in [2.05, 4.69) is 5.32 Å². The molecule has 1 aliphatic carbocycles. The van der Waals surface area contributed by atoms with E-state index in [4.69, 9.17) is 23.2 Å². The molecule has 3 heteroatoms. The summed E-state index contributed by atoms with van der Waals surface area (Å²) in [6, 6.07) is 5.63. The molecule has 0 spiro atoms. The van der Waals surface area contributed by atoms with Crippen molar-refractivity contribution in [2.24, 2.45) is 5.92 Å². The van der Waals surface area contributed by atoms with E-state index < -0.39 is 0 Å². The molecule has 17 heavy (non-hydrogen) atoms. The van der Waals surface area contributed by atoms with Gasteiger partial charge in [0.25, 0.3) is 0 Å². The topological polar surface area (TPSA) is 12.0 Å². The minimum Gasteiger partial charge on any atom is -0.312 e. The maximum atomic E-state index is 6.12. The lowest BCUT2D eigenvalue weighted by atomic mass is 9.89. The van der Waals surface area contributed by atoms with Crippen molar-refractivity contribution >= 4 is 23.2 Å². The number of hydrogen-bond acceptors (Lipinski definition) is 1. The van der Waals surface area contributed by atoms with Crippen LogP contribution in [0.5, 0.6) is 0 Å². The first kappa shape index (κ1) is 13.2. The summed E-state index contributed by atoms with van der Waals surface area (Å²) in [5, 5.41) is 5.05. The van der Waals surface area contributed by atoms with Crippen molar-refractivity contribution in [3.05, 3.63) is 33.8 Å². The van der Waals surface area contributed by atoms with Crippen LogP contribution in [0.4, 0.5) is 0 Å². The van der Waals surface area contributed by atoms with Crippen LogP contribution in [0, 0.1) is 5.92 Å². The van der Waals surface area contributed by atoms with Gasteiger partial charge in [-0.2, -0.15) is 0 Å². The standard InChI is InChI=1S/C14H19Cl2N/c15-13-6-7-14(16)12(8-13)10-17-9-11-4-2-1-3-5-11/h6-8,11,17H,1-5,9-10H2. The van der Waals surface area contributed by atoms with Crippen molar-refractivity contribution in [2.75, 3.05) is 6.54 Å². The lowest BCUT2D eigenvalue weighted by Gasteiger charge is -2.21. The number of benzene rings is 1. The summed E-state index contributed by atoms with van der Waals surface area (Å²) in [5.41, 5.74) is 1.09. The fourth-order valence-corrected chi connectivity index (χ4v) is 2.86. The Morgan fingerprint density at radius 2 is 1.88 bits per heavy atom. The first-order chi connectivity index (χ1) is 8.25. The Hall–Kier alpha value is -0.240. The van der Waals surface area contributed by atoms with Crippen molar-refractivity contribution in [3.8, 4) is 0 Å². The molecule has 1 aromatic carbocycles. The van der Waals surface area contributed by atoms with E-state index in [1.54, 1.807) is 0 Å². The van der Waals surface area contributed by atoms with Gasteiger partial charge in [-0.15, -0.1) is 0 Å². The third-order valence-electron chi connectivity index (χ3n) is 3.48. The molecule has 94 valence electrons. The fourth-order valence-electron chi connectivity index (χ4n) is 2.48. The lowest BCUT2D eigenvalue weighted by Crippen LogP contribution is -2.24. The maximum Gasteiger partial charge on any atom is 0.0451 e. The van der Waals surface area contributed by atoms with Crippen LogP contribution < -0.4 is 5.32 Å². The molecule has 1 saturated carbocycles. The Balaban J connectivity index is 1.79. The first-order valence-electron chi connectivity index (χ1n) is 6.40. The Bertz CT molecular complexity index is 359. The molecule has 1 N–H and O–H groups in total. The molecular weight excluding hydrogens is 253 g/mol. The number of nitrogens with one attached hydrogen (secondary N) is 1. The average Bonchev–Trinajstić information content (AvgIpc) is 2.35. The quantitative estimate of drug-likeness (QED) is 0.840. The average molecular weight is 272 g/mol. The molecule has 1 aliphatic rings. The normalized spacial score (nSPS) is 17.3. The second kappa shape index (κ2) is 6.63. The molecular formula is C14H19Cl2N. The van der Waals surface area contributed by atoms with Crippen LogP contribution in [0.1, 0.15) is 37.7 Å². The van der Waals surface area contributed by atoms with Gasteiger partial charge in [0, 0.05) is 16.6 Å². The number of rotatable bonds is 4. The third kappa shape index (κ3) is 4.17. The van der Waals surface area contributed by atoms with Crippen LogP contribution in [-0.4, -0.2) is 6.54 Å². The minimum absolute atomic E-state index is 0.754. The van der Waals surface area contributed by atoms with Crippen LogP contribution in [0.15, 0.2) is 18.2 Å². The predicted molar refractivity (Wildman–Crippen MR) is 74.7 cm³/mol. The summed E-state index contributed by atoms with van der Waals surface area (Å²) in [6.45, 7) is 1.92. The monoisotopic (exact) mass is 271 g/mol. The molecule has 1 nitrogen and oxygen atoms in total. The van der Waals surface area contributed by atoms with E-state index in [9.17, 15) is 0 Å². The highest BCUT2D eigenvalue weighted by molar-refractivity contribution is 6.33. The fraction of sp³-hybridized carbons (Fsp3) is 0.571. The molecule has 0 bridgehead atoms. The molecule has 0 aliphatic heterocycles. The van der Waals surface area contributed by atoms with Gasteiger partial charge in [0.05, 0.1) is 0 Å². The van der Waals surface area contributed by atoms with Crippen LogP contribution >= 0.6 is 23.2 Å². The Kier molecular flexibility index (Phi) is 5.15. The van der Waals surface area contributed by atoms with Crippen molar-refractivity contribution in [3.63, 3.8) is 0 Å². The van der Waals surface area contributed by atoms with Crippen LogP contribution in [0.2, 0.25) is 10.0 Å². The zero-order chi connectivity index (χ0) is 12.1. The number of halogens is 2. The van der Waals surface area contributed by atoms with Crippen LogP contribution in [-0.2, 0) is 6.54 Å². The second-order valence-electron chi connectivity index (χ2n) is 4.87. The zero-order valence-electron chi connectivity index (χ0n) is 10.0. The van der Waals surface area contributed by atoms with E-state index in [-0.39, 0.29) is 0 Å². The third-order valence-corrected chi connectivity index (χ3v) is 4.08. The van der Waals surface area contributed by atoms with E-state index in [1.165, 1.54) is 32.1 Å². The van der Waals surface area contributed by atoms with E-state index >= 15 is 0 Å². The SMILES string of the molecule is Clc1ccc(Cl)c(CNCC2CCCCC2)c1. The van der Waals surface area contributed by atoms with Crippen LogP contribution in [0.25, 0.3) is 0 Å². The van der Waals surface area contributed by atoms with Crippen LogP contribution in [0.3, 0.4) is 0 Å². The highest BCUT2D eigenvalue weighted by Crippen LogP contribution is 2.23. The molecule has 0 atom stereocenters. The highest BCUT2D eigenvalue weighted by Gasteiger charge is 2.12. The second-order valence-corrected chi connectivity index (χ2v) is 5.71. The molecule has 1 fully saturated rings. The Labute approximate surface area is 114 Å². The van der Waals surface area contributed by atoms with E-state index in [0.29, 0.717) is 0 Å². The molecule has 0 amide bonds. The number of hydrogen-bond donors (Lipinski definition) is 1. The van der Waals surface area contributed by atoms with Gasteiger partial charge in [0.1, 0.15) is 0 Å². The van der Waals surface area contributed by atoms with Gasteiger partial charge in [0.15, 0.2) is 0 Å². The summed E-state index contributed by atoms with van der Waals surface area (Å²) >= 11 is 12.1. The summed E-state index contributed by atoms with van der Waals surface area (Å²) in [7, 11) is 0. The van der Waals surface area contributed by atoms with Gasteiger partial charge in [-0.1, -0.05) is 42.5 Å². The zero-order valence-corrected chi connectivity index (χ0v) is 11.5. The highest BCUT2D eigenvalue weighted by atomic mass is 35.5.